The first-order valence-electron chi connectivity index (χ1n) is 32.9. The number of hydrogen-bond donors (Lipinski definition) is 4. The van der Waals surface area contributed by atoms with Crippen LogP contribution < -0.4 is 0 Å². The average Bonchev–Trinajstić information content (AvgIpc) is 3.47. The number of nitrogens with zero attached hydrogens (tertiary/aromatic N) is 4. The van der Waals surface area contributed by atoms with Gasteiger partial charge in [0, 0.05) is 109 Å². The van der Waals surface area contributed by atoms with Gasteiger partial charge < -0.3 is 44.1 Å². The molecule has 0 aliphatic carbocycles. The van der Waals surface area contributed by atoms with Crippen molar-refractivity contribution in [1.82, 2.24) is 19.6 Å². The molecule has 0 aromatic rings. The molecule has 0 saturated carbocycles. The van der Waals surface area contributed by atoms with E-state index in [4.69, 9.17) is 23.7 Å². The van der Waals surface area contributed by atoms with E-state index in [9.17, 15) is 44.4 Å². The van der Waals surface area contributed by atoms with Crippen molar-refractivity contribution < 1.29 is 68.1 Å². The number of rotatable bonds is 59. The minimum Gasteiger partial charge on any atom is -0.466 e. The minimum absolute atomic E-state index is 0.141. The highest BCUT2D eigenvalue weighted by Gasteiger charge is 2.21. The smallest absolute Gasteiger partial charge is 0.305 e. The Hall–Kier alpha value is -2.27. The van der Waals surface area contributed by atoms with E-state index in [1.54, 1.807) is 0 Å². The third kappa shape index (κ3) is 50.4. The van der Waals surface area contributed by atoms with Crippen LogP contribution in [0.4, 0.5) is 0 Å². The molecule has 18 nitrogen and oxygen atoms in total. The highest BCUT2D eigenvalue weighted by molar-refractivity contribution is 8.76. The first-order chi connectivity index (χ1) is 40.3. The molecule has 1 aliphatic rings. The number of unbranched alkanes of at least 4 members (excludes halogenated alkanes) is 12. The molecule has 1 aliphatic heterocycles. The standard InChI is InChI=1S/C63H120N4O14S2/c1-5-9-44-77-59(72)31-19-15-13-17-27-55(68)51-66(52-56(69)28-18-14-16-20-32-60(73)78-45-10-6-2)36-25-35-63(76)81-48-42-64-38-40-65(41-39-64)43-50-83-82-49-26-37-67(53-57(70)29-21-23-33-61(74)79-46-11-7-3)54-58(71)30-22-24-34-62(75)80-47-12-8-4/h55-58,68-71H,5-54H2,1-4H3. The van der Waals surface area contributed by atoms with Gasteiger partial charge in [-0.1, -0.05) is 126 Å². The molecule has 1 fully saturated rings. The van der Waals surface area contributed by atoms with Crippen molar-refractivity contribution in [3.63, 3.8) is 0 Å². The molecule has 0 aromatic carbocycles. The summed E-state index contributed by atoms with van der Waals surface area (Å²) in [4.78, 5) is 69.8. The lowest BCUT2D eigenvalue weighted by Gasteiger charge is -2.34. The second-order valence-electron chi connectivity index (χ2n) is 22.8. The molecule has 1 heterocycles. The molecule has 0 aromatic heterocycles. The van der Waals surface area contributed by atoms with Crippen LogP contribution in [-0.4, -0.2) is 217 Å². The molecule has 0 spiro atoms. The van der Waals surface area contributed by atoms with Crippen molar-refractivity contribution >= 4 is 51.4 Å². The molecule has 4 N–H and O–H groups in total. The molecule has 1 rings (SSSR count). The molecular formula is C63H120N4O14S2. The molecule has 1 saturated heterocycles. The third-order valence-corrected chi connectivity index (χ3v) is 17.3. The van der Waals surface area contributed by atoms with E-state index in [0.29, 0.717) is 143 Å². The molecule has 0 radical (unpaired) electrons. The lowest BCUT2D eigenvalue weighted by molar-refractivity contribution is -0.145. The largest absolute Gasteiger partial charge is 0.466 e. The maximum absolute atomic E-state index is 12.9. The second kappa shape index (κ2) is 56.3. The monoisotopic (exact) mass is 1220 g/mol. The molecule has 20 heteroatoms. The number of ether oxygens (including phenoxy) is 5. The van der Waals surface area contributed by atoms with Gasteiger partial charge in [0.05, 0.1) is 50.8 Å². The Kier molecular flexibility index (Phi) is 53.4. The van der Waals surface area contributed by atoms with Gasteiger partial charge in [-0.15, -0.1) is 0 Å². The van der Waals surface area contributed by atoms with Crippen molar-refractivity contribution in [2.75, 3.05) is 123 Å². The van der Waals surface area contributed by atoms with E-state index >= 15 is 0 Å². The molecule has 0 amide bonds. The highest BCUT2D eigenvalue weighted by Crippen LogP contribution is 2.23. The van der Waals surface area contributed by atoms with Gasteiger partial charge in [-0.3, -0.25) is 43.6 Å². The number of carbonyl (C=O) groups excluding carboxylic acids is 5. The summed E-state index contributed by atoms with van der Waals surface area (Å²) in [6.45, 7) is 19.0. The Morgan fingerprint density at radius 2 is 0.651 bits per heavy atom. The first kappa shape index (κ1) is 78.7. The Bertz CT molecular complexity index is 1490. The average molecular weight is 1220 g/mol. The first-order valence-corrected chi connectivity index (χ1v) is 35.4. The zero-order valence-corrected chi connectivity index (χ0v) is 54.3. The number of aliphatic hydroxyl groups excluding tert-OH is 4. The fourth-order valence-electron chi connectivity index (χ4n) is 9.66. The Balaban J connectivity index is 2.45. The van der Waals surface area contributed by atoms with Crippen LogP contribution in [0.5, 0.6) is 0 Å². The third-order valence-electron chi connectivity index (χ3n) is 14.9. The molecular weight excluding hydrogens is 1100 g/mol. The van der Waals surface area contributed by atoms with Crippen LogP contribution in [0.2, 0.25) is 0 Å². The number of hydrogen-bond acceptors (Lipinski definition) is 20. The zero-order chi connectivity index (χ0) is 60.8. The van der Waals surface area contributed by atoms with Crippen LogP contribution >= 0.6 is 21.6 Å². The van der Waals surface area contributed by atoms with Gasteiger partial charge in [-0.25, -0.2) is 0 Å². The van der Waals surface area contributed by atoms with Crippen molar-refractivity contribution in [2.45, 2.75) is 251 Å². The highest BCUT2D eigenvalue weighted by atomic mass is 33.1. The van der Waals surface area contributed by atoms with Crippen LogP contribution in [0, 0.1) is 0 Å². The van der Waals surface area contributed by atoms with Crippen LogP contribution in [0.1, 0.15) is 227 Å². The number of carbonyl (C=O) groups is 5. The number of piperazine rings is 1. The van der Waals surface area contributed by atoms with Crippen molar-refractivity contribution in [3.8, 4) is 0 Å². The molecule has 83 heavy (non-hydrogen) atoms. The Morgan fingerprint density at radius 1 is 0.361 bits per heavy atom. The lowest BCUT2D eigenvalue weighted by atomic mass is 10.1. The van der Waals surface area contributed by atoms with E-state index in [2.05, 4.69) is 47.3 Å². The summed E-state index contributed by atoms with van der Waals surface area (Å²) in [5.41, 5.74) is 0. The van der Waals surface area contributed by atoms with Gasteiger partial charge >= 0.3 is 29.8 Å². The van der Waals surface area contributed by atoms with Crippen LogP contribution in [0.25, 0.3) is 0 Å². The normalized spacial score (nSPS) is 14.6. The number of esters is 5. The second-order valence-corrected chi connectivity index (χ2v) is 25.5. The quantitative estimate of drug-likeness (QED) is 0.0192. The summed E-state index contributed by atoms with van der Waals surface area (Å²) in [6, 6.07) is 0. The van der Waals surface area contributed by atoms with Crippen molar-refractivity contribution in [1.29, 1.82) is 0 Å². The molecule has 488 valence electrons. The SMILES string of the molecule is CCCCOC(=O)CCCCCCC(O)CN(CCCC(=O)OCCN1CCN(CCSSCCCN(CC(O)CCCCC(=O)OCCCC)CC(O)CCCCC(=O)OCCCC)CC1)CC(O)CCCCCCC(=O)OCCCC. The summed E-state index contributed by atoms with van der Waals surface area (Å²) in [7, 11) is 3.74. The van der Waals surface area contributed by atoms with Gasteiger partial charge in [0.1, 0.15) is 6.61 Å². The van der Waals surface area contributed by atoms with Gasteiger partial charge in [0.2, 0.25) is 0 Å². The lowest BCUT2D eigenvalue weighted by Crippen LogP contribution is -2.47. The van der Waals surface area contributed by atoms with Crippen LogP contribution in [-0.2, 0) is 47.7 Å². The zero-order valence-electron chi connectivity index (χ0n) is 52.6. The van der Waals surface area contributed by atoms with Gasteiger partial charge in [-0.05, 0) is 103 Å². The Morgan fingerprint density at radius 3 is 1.02 bits per heavy atom. The topological polar surface area (TPSA) is 225 Å². The van der Waals surface area contributed by atoms with E-state index < -0.39 is 24.4 Å². The minimum atomic E-state index is -0.566. The maximum Gasteiger partial charge on any atom is 0.305 e. The van der Waals surface area contributed by atoms with Gasteiger partial charge in [0.25, 0.3) is 0 Å². The fraction of sp³-hybridized carbons (Fsp3) is 0.921. The molecule has 4 unspecified atom stereocenters. The van der Waals surface area contributed by atoms with Crippen molar-refractivity contribution in [2.24, 2.45) is 0 Å². The summed E-state index contributed by atoms with van der Waals surface area (Å²) >= 11 is 0. The van der Waals surface area contributed by atoms with Crippen LogP contribution in [0.15, 0.2) is 0 Å². The summed E-state index contributed by atoms with van der Waals surface area (Å²) < 4.78 is 26.7. The van der Waals surface area contributed by atoms with Crippen molar-refractivity contribution in [3.05, 3.63) is 0 Å². The predicted molar refractivity (Wildman–Crippen MR) is 335 cm³/mol. The maximum atomic E-state index is 12.9. The van der Waals surface area contributed by atoms with E-state index in [-0.39, 0.29) is 36.3 Å². The summed E-state index contributed by atoms with van der Waals surface area (Å²) in [6.07, 6.45) is 20.6. The Labute approximate surface area is 511 Å². The van der Waals surface area contributed by atoms with E-state index in [1.807, 2.05) is 21.6 Å². The van der Waals surface area contributed by atoms with E-state index in [1.165, 1.54) is 0 Å². The summed E-state index contributed by atoms with van der Waals surface area (Å²) in [5, 5.41) is 43.9. The predicted octanol–water partition coefficient (Wildman–Crippen LogP) is 9.92. The summed E-state index contributed by atoms with van der Waals surface area (Å²) in [5.74, 6) is 1.09. The molecule has 0 bridgehead atoms. The van der Waals surface area contributed by atoms with Gasteiger partial charge in [0.15, 0.2) is 0 Å². The van der Waals surface area contributed by atoms with Gasteiger partial charge in [-0.2, -0.15) is 0 Å². The van der Waals surface area contributed by atoms with E-state index in [0.717, 1.165) is 173 Å². The van der Waals surface area contributed by atoms with Crippen LogP contribution in [0.3, 0.4) is 0 Å². The fourth-order valence-corrected chi connectivity index (χ4v) is 11.8. The molecule has 4 atom stereocenters. The number of aliphatic hydroxyl groups is 4.